The molecule has 3 heterocycles. The van der Waals surface area contributed by atoms with Crippen molar-refractivity contribution in [2.45, 2.75) is 33.0 Å². The molecule has 5 rings (SSSR count). The highest BCUT2D eigenvalue weighted by Crippen LogP contribution is 2.22. The fourth-order valence-electron chi connectivity index (χ4n) is 4.86. The second-order valence-corrected chi connectivity index (χ2v) is 9.87. The first-order valence-electron chi connectivity index (χ1n) is 12.9. The quantitative estimate of drug-likeness (QED) is 0.351. The van der Waals surface area contributed by atoms with Crippen LogP contribution in [0.5, 0.6) is 0 Å². The van der Waals surface area contributed by atoms with Crippen LogP contribution in [-0.2, 0) is 26.1 Å². The van der Waals surface area contributed by atoms with Crippen molar-refractivity contribution in [3.8, 4) is 11.5 Å². The van der Waals surface area contributed by atoms with Gasteiger partial charge in [0.05, 0.1) is 17.5 Å². The second kappa shape index (κ2) is 11.7. The van der Waals surface area contributed by atoms with E-state index in [0.717, 1.165) is 50.5 Å². The molecule has 0 bridgehead atoms. The lowest BCUT2D eigenvalue weighted by molar-refractivity contribution is 0.0696. The average molecular weight is 514 g/mol. The molecule has 1 aliphatic heterocycles. The first kappa shape index (κ1) is 25.8. The molecule has 8 heteroatoms. The van der Waals surface area contributed by atoms with Crippen molar-refractivity contribution in [1.82, 2.24) is 24.3 Å². The molecule has 1 fully saturated rings. The van der Waals surface area contributed by atoms with Crippen LogP contribution in [0.3, 0.4) is 0 Å². The molecule has 1 aliphatic rings. The van der Waals surface area contributed by atoms with Crippen molar-refractivity contribution < 1.29 is 14.3 Å². The highest BCUT2D eigenvalue weighted by atomic mass is 19.1. The summed E-state index contributed by atoms with van der Waals surface area (Å²) in [7, 11) is 0. The van der Waals surface area contributed by atoms with Gasteiger partial charge in [-0.05, 0) is 48.7 Å². The van der Waals surface area contributed by atoms with Gasteiger partial charge in [0.25, 0.3) is 0 Å². The molecule has 0 saturated carbocycles. The minimum atomic E-state index is -0.998. The summed E-state index contributed by atoms with van der Waals surface area (Å²) in [6.45, 7) is 8.33. The number of carboxylic acids is 1. The Morgan fingerprint density at radius 2 is 1.55 bits per heavy atom. The highest BCUT2D eigenvalue weighted by Gasteiger charge is 2.21. The van der Waals surface area contributed by atoms with Crippen molar-refractivity contribution in [1.29, 1.82) is 0 Å². The van der Waals surface area contributed by atoms with Gasteiger partial charge in [0.1, 0.15) is 11.5 Å². The monoisotopic (exact) mass is 513 g/mol. The van der Waals surface area contributed by atoms with Crippen LogP contribution in [0, 0.1) is 12.7 Å². The molecule has 7 nitrogen and oxygen atoms in total. The summed E-state index contributed by atoms with van der Waals surface area (Å²) >= 11 is 0. The van der Waals surface area contributed by atoms with Gasteiger partial charge in [-0.1, -0.05) is 42.0 Å². The highest BCUT2D eigenvalue weighted by molar-refractivity contribution is 5.88. The van der Waals surface area contributed by atoms with E-state index in [-0.39, 0.29) is 11.4 Å². The van der Waals surface area contributed by atoms with E-state index in [1.807, 2.05) is 6.20 Å². The molecule has 0 aliphatic carbocycles. The molecule has 2 aromatic heterocycles. The van der Waals surface area contributed by atoms with Gasteiger partial charge >= 0.3 is 5.97 Å². The number of carboxylic acid groups (broad SMARTS) is 1. The third-order valence-electron chi connectivity index (χ3n) is 7.09. The maximum Gasteiger partial charge on any atom is 0.335 e. The molecule has 0 amide bonds. The van der Waals surface area contributed by atoms with Crippen molar-refractivity contribution in [2.75, 3.05) is 26.2 Å². The minimum Gasteiger partial charge on any atom is -0.478 e. The maximum atomic E-state index is 13.4. The third-order valence-corrected chi connectivity index (χ3v) is 7.09. The van der Waals surface area contributed by atoms with E-state index >= 15 is 0 Å². The molecular weight excluding hydrogens is 481 g/mol. The summed E-state index contributed by atoms with van der Waals surface area (Å²) in [5.74, 6) is -0.612. The van der Waals surface area contributed by atoms with E-state index in [2.05, 4.69) is 55.5 Å². The summed E-state index contributed by atoms with van der Waals surface area (Å²) in [6, 6.07) is 18.3. The number of hydrogen-bond acceptors (Lipinski definition) is 5. The number of benzene rings is 2. The van der Waals surface area contributed by atoms with Crippen LogP contribution >= 0.6 is 0 Å². The Balaban J connectivity index is 1.31. The fourth-order valence-corrected chi connectivity index (χ4v) is 4.86. The zero-order valence-corrected chi connectivity index (χ0v) is 21.6. The first-order chi connectivity index (χ1) is 18.4. The van der Waals surface area contributed by atoms with Gasteiger partial charge in [-0.2, -0.15) is 0 Å². The van der Waals surface area contributed by atoms with Crippen molar-refractivity contribution in [3.05, 3.63) is 107 Å². The lowest BCUT2D eigenvalue weighted by Crippen LogP contribution is -2.45. The molecule has 0 spiro atoms. The Morgan fingerprint density at radius 3 is 2.24 bits per heavy atom. The Bertz CT molecular complexity index is 1380. The molecule has 38 heavy (non-hydrogen) atoms. The topological polar surface area (TPSA) is 74.5 Å². The van der Waals surface area contributed by atoms with Crippen molar-refractivity contribution in [2.24, 2.45) is 0 Å². The van der Waals surface area contributed by atoms with Crippen LogP contribution in [0.2, 0.25) is 0 Å². The number of nitrogens with zero attached hydrogens (tertiary/aromatic N) is 5. The van der Waals surface area contributed by atoms with E-state index < -0.39 is 5.97 Å². The third kappa shape index (κ3) is 6.33. The Morgan fingerprint density at radius 1 is 0.895 bits per heavy atom. The summed E-state index contributed by atoms with van der Waals surface area (Å²) in [6.07, 6.45) is 4.07. The molecule has 1 saturated heterocycles. The molecule has 1 N–H and O–H groups in total. The molecule has 4 aromatic rings. The normalized spacial score (nSPS) is 14.6. The summed E-state index contributed by atoms with van der Waals surface area (Å²) < 4.78 is 15.5. The van der Waals surface area contributed by atoms with E-state index in [0.29, 0.717) is 24.5 Å². The van der Waals surface area contributed by atoms with Gasteiger partial charge in [0, 0.05) is 52.0 Å². The van der Waals surface area contributed by atoms with Crippen LogP contribution in [0.4, 0.5) is 4.39 Å². The van der Waals surface area contributed by atoms with Crippen molar-refractivity contribution in [3.63, 3.8) is 0 Å². The predicted molar refractivity (Wildman–Crippen MR) is 144 cm³/mol. The zero-order chi connectivity index (χ0) is 26.5. The number of piperazine rings is 1. The fraction of sp³-hybridized carbons (Fsp3) is 0.300. The summed E-state index contributed by atoms with van der Waals surface area (Å²) in [4.78, 5) is 25.5. The van der Waals surface area contributed by atoms with Gasteiger partial charge in [-0.25, -0.2) is 14.2 Å². The van der Waals surface area contributed by atoms with Gasteiger partial charge < -0.3 is 9.67 Å². The zero-order valence-electron chi connectivity index (χ0n) is 21.6. The number of carbonyl (C=O) groups is 1. The number of rotatable bonds is 9. The predicted octanol–water partition coefficient (Wildman–Crippen LogP) is 4.65. The van der Waals surface area contributed by atoms with Gasteiger partial charge in [-0.3, -0.25) is 14.8 Å². The lowest BCUT2D eigenvalue weighted by atomic mass is 10.1. The van der Waals surface area contributed by atoms with Crippen LogP contribution < -0.4 is 0 Å². The number of aromatic carboxylic acids is 1. The van der Waals surface area contributed by atoms with Crippen molar-refractivity contribution >= 4 is 5.97 Å². The molecule has 2 aromatic carbocycles. The largest absolute Gasteiger partial charge is 0.478 e. The molecule has 196 valence electrons. The lowest BCUT2D eigenvalue weighted by Gasteiger charge is -2.34. The standard InChI is InChI=1S/C30H32FN5O2/c1-22-2-4-24(5-3-22)20-34-14-16-35(17-15-34)21-27-19-33-29(28-18-25(30(37)38)10-12-32-28)36(27)13-11-23-6-8-26(31)9-7-23/h2-10,12,18-19H,11,13-17,20-21H2,1H3,(H,37,38). The number of aryl methyl sites for hydroxylation is 2. The summed E-state index contributed by atoms with van der Waals surface area (Å²) in [5.41, 5.74) is 5.39. The van der Waals surface area contributed by atoms with Gasteiger partial charge in [-0.15, -0.1) is 0 Å². The van der Waals surface area contributed by atoms with E-state index in [9.17, 15) is 14.3 Å². The Kier molecular flexibility index (Phi) is 7.91. The smallest absolute Gasteiger partial charge is 0.335 e. The number of aromatic nitrogens is 3. The number of pyridine rings is 1. The molecule has 0 radical (unpaired) electrons. The van der Waals surface area contributed by atoms with Crippen LogP contribution in [-0.4, -0.2) is 61.6 Å². The SMILES string of the molecule is Cc1ccc(CN2CCN(Cc3cnc(-c4cc(C(=O)O)ccn4)n3CCc3ccc(F)cc3)CC2)cc1. The second-order valence-electron chi connectivity index (χ2n) is 9.87. The first-order valence-corrected chi connectivity index (χ1v) is 12.9. The van der Waals surface area contributed by atoms with E-state index in [4.69, 9.17) is 0 Å². The van der Waals surface area contributed by atoms with Crippen LogP contribution in [0.1, 0.15) is 32.7 Å². The Labute approximate surface area is 222 Å². The number of hydrogen-bond donors (Lipinski definition) is 1. The van der Waals surface area contributed by atoms with Crippen LogP contribution in [0.15, 0.2) is 73.1 Å². The average Bonchev–Trinajstić information content (AvgIpc) is 3.33. The van der Waals surface area contributed by atoms with Gasteiger partial charge in [0.2, 0.25) is 0 Å². The van der Waals surface area contributed by atoms with Gasteiger partial charge in [0.15, 0.2) is 5.82 Å². The van der Waals surface area contributed by atoms with Crippen LogP contribution in [0.25, 0.3) is 11.5 Å². The Hall–Kier alpha value is -3.88. The molecule has 0 atom stereocenters. The number of halogens is 1. The van der Waals surface area contributed by atoms with E-state index in [1.165, 1.54) is 35.5 Å². The van der Waals surface area contributed by atoms with E-state index in [1.54, 1.807) is 18.2 Å². The molecule has 0 unspecified atom stereocenters. The number of imidazole rings is 1. The maximum absolute atomic E-state index is 13.4. The summed E-state index contributed by atoms with van der Waals surface area (Å²) in [5, 5.41) is 9.45. The minimum absolute atomic E-state index is 0.175. The molecular formula is C30H32FN5O2.